The molecule has 0 unspecified atom stereocenters. The van der Waals surface area contributed by atoms with Crippen molar-refractivity contribution in [3.63, 3.8) is 0 Å². The highest BCUT2D eigenvalue weighted by atomic mass is 35.5. The average Bonchev–Trinajstić information content (AvgIpc) is 3.10. The zero-order valence-electron chi connectivity index (χ0n) is 20.6. The van der Waals surface area contributed by atoms with E-state index < -0.39 is 28.5 Å². The molecule has 0 radical (unpaired) electrons. The van der Waals surface area contributed by atoms with E-state index in [1.807, 2.05) is 32.9 Å². The predicted molar refractivity (Wildman–Crippen MR) is 151 cm³/mol. The van der Waals surface area contributed by atoms with Gasteiger partial charge in [-0.05, 0) is 85.6 Å². The maximum Gasteiger partial charge on any atom is 0.294 e. The summed E-state index contributed by atoms with van der Waals surface area (Å²) in [6.45, 7) is 5.26. The first kappa shape index (κ1) is 27.4. The van der Waals surface area contributed by atoms with Gasteiger partial charge in [0.05, 0.1) is 14.7 Å². The fourth-order valence-electron chi connectivity index (χ4n) is 3.97. The first-order valence-electron chi connectivity index (χ1n) is 11.4. The van der Waals surface area contributed by atoms with Gasteiger partial charge < -0.3 is 5.32 Å². The van der Waals surface area contributed by atoms with Crippen molar-refractivity contribution in [1.82, 2.24) is 4.90 Å². The summed E-state index contributed by atoms with van der Waals surface area (Å²) in [5.41, 5.74) is 3.71. The van der Waals surface area contributed by atoms with Crippen molar-refractivity contribution in [3.8, 4) is 0 Å². The highest BCUT2D eigenvalue weighted by Crippen LogP contribution is 2.38. The summed E-state index contributed by atoms with van der Waals surface area (Å²) in [6.07, 6.45) is 1.42. The summed E-state index contributed by atoms with van der Waals surface area (Å²) in [6, 6.07) is 15.4. The smallest absolute Gasteiger partial charge is 0.294 e. The molecule has 1 aliphatic rings. The van der Waals surface area contributed by atoms with Crippen molar-refractivity contribution in [2.24, 2.45) is 0 Å². The number of nitrogens with zero attached hydrogens (tertiary/aromatic N) is 2. The molecule has 3 aromatic carbocycles. The van der Waals surface area contributed by atoms with Gasteiger partial charge in [0.15, 0.2) is 0 Å². The Balaban J connectivity index is 1.50. The van der Waals surface area contributed by atoms with E-state index >= 15 is 0 Å². The Morgan fingerprint density at radius 1 is 1.08 bits per heavy atom. The molecule has 0 spiro atoms. The molecule has 0 saturated carbocycles. The number of hydrogen-bond acceptors (Lipinski definition) is 7. The number of thioether (sulfide) groups is 1. The van der Waals surface area contributed by atoms with Gasteiger partial charge in [-0.15, -0.1) is 0 Å². The van der Waals surface area contributed by atoms with Crippen LogP contribution in [0.5, 0.6) is 0 Å². The van der Waals surface area contributed by atoms with Crippen molar-refractivity contribution in [1.29, 1.82) is 0 Å². The average molecular weight is 568 g/mol. The molecule has 0 bridgehead atoms. The number of nitro benzene ring substituents is 1. The zero-order chi connectivity index (χ0) is 27.6. The van der Waals surface area contributed by atoms with E-state index in [0.717, 1.165) is 26.5 Å². The van der Waals surface area contributed by atoms with Gasteiger partial charge in [-0.25, -0.2) is 0 Å². The molecular weight excluding hydrogens is 546 g/mol. The van der Waals surface area contributed by atoms with E-state index in [1.54, 1.807) is 36.4 Å². The number of carbonyl (C=O) groups excluding carboxylic acids is 3. The molecule has 3 aromatic rings. The minimum Gasteiger partial charge on any atom is -0.324 e. The van der Waals surface area contributed by atoms with E-state index in [1.165, 1.54) is 23.9 Å². The maximum absolute atomic E-state index is 12.9. The van der Waals surface area contributed by atoms with Crippen LogP contribution in [-0.2, 0) is 9.59 Å². The molecule has 1 heterocycles. The maximum atomic E-state index is 12.9. The van der Waals surface area contributed by atoms with Gasteiger partial charge in [0.1, 0.15) is 6.54 Å². The molecule has 4 rings (SSSR count). The number of benzene rings is 3. The highest BCUT2D eigenvalue weighted by Gasteiger charge is 2.36. The Hall–Kier alpha value is -3.60. The number of amides is 3. The lowest BCUT2D eigenvalue weighted by molar-refractivity contribution is -0.387. The third-order valence-electron chi connectivity index (χ3n) is 5.64. The Kier molecular flexibility index (Phi) is 8.25. The Labute approximate surface area is 232 Å². The first-order chi connectivity index (χ1) is 18.0. The minimum atomic E-state index is -0.630. The number of nitrogens with one attached hydrogen (secondary N) is 1. The number of hydrogen-bond donors (Lipinski definition) is 1. The quantitative estimate of drug-likeness (QED) is 0.186. The van der Waals surface area contributed by atoms with Crippen molar-refractivity contribution in [2.75, 3.05) is 11.9 Å². The van der Waals surface area contributed by atoms with E-state index in [0.29, 0.717) is 32.9 Å². The highest BCUT2D eigenvalue weighted by molar-refractivity contribution is 8.18. The first-order valence-corrected chi connectivity index (χ1v) is 13.4. The molecule has 1 aliphatic heterocycles. The predicted octanol–water partition coefficient (Wildman–Crippen LogP) is 7.00. The molecule has 3 amide bonds. The number of anilines is 1. The summed E-state index contributed by atoms with van der Waals surface area (Å²) in [5, 5.41) is 14.5. The van der Waals surface area contributed by atoms with Crippen molar-refractivity contribution in [2.45, 2.75) is 30.6 Å². The lowest BCUT2D eigenvalue weighted by atomic mass is 10.1. The minimum absolute atomic E-state index is 0.0814. The normalized spacial score (nSPS) is 14.3. The number of rotatable bonds is 7. The lowest BCUT2D eigenvalue weighted by Crippen LogP contribution is -2.36. The van der Waals surface area contributed by atoms with Gasteiger partial charge in [-0.2, -0.15) is 0 Å². The van der Waals surface area contributed by atoms with E-state index in [-0.39, 0.29) is 10.6 Å². The van der Waals surface area contributed by atoms with E-state index in [9.17, 15) is 24.5 Å². The molecule has 0 aromatic heterocycles. The number of aryl methyl sites for hydroxylation is 3. The summed E-state index contributed by atoms with van der Waals surface area (Å²) in [4.78, 5) is 51.5. The second-order valence-electron chi connectivity index (χ2n) is 8.63. The topological polar surface area (TPSA) is 110 Å². The molecule has 38 heavy (non-hydrogen) atoms. The van der Waals surface area contributed by atoms with Crippen LogP contribution in [0.3, 0.4) is 0 Å². The molecule has 1 N–H and O–H groups in total. The summed E-state index contributed by atoms with van der Waals surface area (Å²) in [7, 11) is 0. The molecule has 8 nitrogen and oxygen atoms in total. The van der Waals surface area contributed by atoms with Crippen LogP contribution < -0.4 is 5.32 Å². The van der Waals surface area contributed by atoms with E-state index in [2.05, 4.69) is 5.32 Å². The largest absolute Gasteiger partial charge is 0.324 e. The Morgan fingerprint density at radius 2 is 1.74 bits per heavy atom. The van der Waals surface area contributed by atoms with Gasteiger partial charge in [-0.3, -0.25) is 29.4 Å². The van der Waals surface area contributed by atoms with Crippen LogP contribution in [0, 0.1) is 30.9 Å². The van der Waals surface area contributed by atoms with Crippen molar-refractivity contribution in [3.05, 3.63) is 96.9 Å². The van der Waals surface area contributed by atoms with Crippen LogP contribution in [0.1, 0.15) is 22.3 Å². The van der Waals surface area contributed by atoms with Crippen LogP contribution in [0.15, 0.2) is 69.3 Å². The second kappa shape index (κ2) is 11.4. The standard InChI is InChI=1S/C27H22ClN3O5S2/c1-15-10-16(2)25(17(3)11-15)29-24(32)14-30-26(33)23(38-27(30)34)13-18-4-9-22(21(12-18)31(35)36)37-20-7-5-19(28)6-8-20/h4-13H,14H2,1-3H3,(H,29,32)/b23-13-. The lowest BCUT2D eigenvalue weighted by Gasteiger charge is -2.15. The number of carbonyl (C=O) groups is 3. The molecule has 11 heteroatoms. The monoisotopic (exact) mass is 567 g/mol. The molecule has 0 aliphatic carbocycles. The number of imide groups is 1. The van der Waals surface area contributed by atoms with Crippen molar-refractivity contribution < 1.29 is 19.3 Å². The Bertz CT molecular complexity index is 1480. The number of halogens is 1. The summed E-state index contributed by atoms with van der Waals surface area (Å²) in [5.74, 6) is -1.13. The molecule has 1 fully saturated rings. The van der Waals surface area contributed by atoms with Crippen LogP contribution in [-0.4, -0.2) is 33.4 Å². The fraction of sp³-hybridized carbons (Fsp3) is 0.148. The molecule has 0 atom stereocenters. The van der Waals surface area contributed by atoms with Gasteiger partial charge in [0.2, 0.25) is 5.91 Å². The SMILES string of the molecule is Cc1cc(C)c(NC(=O)CN2C(=O)S/C(=C\c3ccc(Sc4ccc(Cl)cc4)c([N+](=O)[O-])c3)C2=O)c(C)c1. The fourth-order valence-corrected chi connectivity index (χ4v) is 5.83. The second-order valence-corrected chi connectivity index (χ2v) is 11.2. The third-order valence-corrected chi connectivity index (χ3v) is 7.87. The van der Waals surface area contributed by atoms with Gasteiger partial charge in [0.25, 0.3) is 16.8 Å². The zero-order valence-corrected chi connectivity index (χ0v) is 23.0. The molecule has 194 valence electrons. The van der Waals surface area contributed by atoms with Crippen LogP contribution in [0.4, 0.5) is 16.2 Å². The van der Waals surface area contributed by atoms with Crippen LogP contribution in [0.25, 0.3) is 6.08 Å². The number of nitro groups is 1. The van der Waals surface area contributed by atoms with Gasteiger partial charge >= 0.3 is 0 Å². The molecular formula is C27H22ClN3O5S2. The van der Waals surface area contributed by atoms with Crippen LogP contribution in [0.2, 0.25) is 5.02 Å². The summed E-state index contributed by atoms with van der Waals surface area (Å²) < 4.78 is 0. The van der Waals surface area contributed by atoms with E-state index in [4.69, 9.17) is 11.6 Å². The summed E-state index contributed by atoms with van der Waals surface area (Å²) >= 11 is 7.81. The van der Waals surface area contributed by atoms with Gasteiger partial charge in [0, 0.05) is 21.7 Å². The van der Waals surface area contributed by atoms with Crippen molar-refractivity contribution >= 4 is 69.6 Å². The van der Waals surface area contributed by atoms with Crippen LogP contribution >= 0.6 is 35.1 Å². The third kappa shape index (κ3) is 6.27. The Morgan fingerprint density at radius 3 is 2.37 bits per heavy atom. The van der Waals surface area contributed by atoms with Gasteiger partial charge in [-0.1, -0.05) is 47.1 Å². The molecule has 1 saturated heterocycles.